The number of ketones is 1. The highest BCUT2D eigenvalue weighted by atomic mass is 16.6. The maximum absolute atomic E-state index is 13.1. The number of ether oxygens (including phenoxy) is 1. The van der Waals surface area contributed by atoms with Gasteiger partial charge in [0.1, 0.15) is 11.4 Å². The molecule has 0 bridgehead atoms. The Morgan fingerprint density at radius 1 is 1.03 bits per heavy atom. The molecule has 3 aromatic heterocycles. The lowest BCUT2D eigenvalue weighted by Crippen LogP contribution is -2.32. The van der Waals surface area contributed by atoms with Crippen molar-refractivity contribution in [3.05, 3.63) is 77.8 Å². The molecule has 0 unspecified atom stereocenters. The molecule has 4 rings (SSSR count). The van der Waals surface area contributed by atoms with E-state index >= 15 is 0 Å². The van der Waals surface area contributed by atoms with Crippen molar-refractivity contribution < 1.29 is 28.0 Å². The van der Waals surface area contributed by atoms with Gasteiger partial charge in [0, 0.05) is 24.8 Å². The van der Waals surface area contributed by atoms with Crippen LogP contribution >= 0.6 is 0 Å². The van der Waals surface area contributed by atoms with Crippen LogP contribution in [0.1, 0.15) is 60.4 Å². The van der Waals surface area contributed by atoms with Crippen LogP contribution in [0.25, 0.3) is 11.3 Å². The minimum atomic E-state index is -0.656. The number of aromatic nitrogens is 3. The van der Waals surface area contributed by atoms with E-state index in [1.807, 2.05) is 18.2 Å². The van der Waals surface area contributed by atoms with E-state index in [0.29, 0.717) is 17.1 Å². The van der Waals surface area contributed by atoms with Crippen molar-refractivity contribution in [2.75, 3.05) is 5.32 Å². The molecule has 2 N–H and O–H groups in total. The molecular weight excluding hydrogens is 478 g/mol. The average molecular weight is 506 g/mol. The molecule has 192 valence electrons. The molecule has 0 radical (unpaired) electrons. The van der Waals surface area contributed by atoms with Crippen LogP contribution < -0.4 is 10.6 Å². The van der Waals surface area contributed by atoms with Crippen LogP contribution in [-0.2, 0) is 17.8 Å². The summed E-state index contributed by atoms with van der Waals surface area (Å²) in [7, 11) is 0. The number of Topliss-reactive ketones (excluding diaryl/α,β-unsaturated/α-hetero) is 1. The minimum absolute atomic E-state index is 0.0406. The third-order valence-electron chi connectivity index (χ3n) is 4.91. The van der Waals surface area contributed by atoms with E-state index in [2.05, 4.69) is 20.7 Å². The first-order valence-corrected chi connectivity index (χ1v) is 11.5. The third kappa shape index (κ3) is 6.72. The second-order valence-corrected chi connectivity index (χ2v) is 9.18. The van der Waals surface area contributed by atoms with Gasteiger partial charge in [-0.15, -0.1) is 0 Å². The SMILES string of the molecule is CC(=O)c1ccc(Cn2ccc(NC(=O)c3nc(CNC(=O)OC(C)(C)C)oc3-c3ccccc3)n2)o1. The highest BCUT2D eigenvalue weighted by molar-refractivity contribution is 6.06. The molecule has 3 heterocycles. The summed E-state index contributed by atoms with van der Waals surface area (Å²) in [5.41, 5.74) is 0.0314. The first kappa shape index (κ1) is 25.4. The van der Waals surface area contributed by atoms with Crippen LogP contribution in [0.3, 0.4) is 0 Å². The maximum Gasteiger partial charge on any atom is 0.408 e. The van der Waals surface area contributed by atoms with Gasteiger partial charge in [0.15, 0.2) is 28.8 Å². The number of alkyl carbamates (subject to hydrolysis) is 1. The normalized spacial score (nSPS) is 11.2. The lowest BCUT2D eigenvalue weighted by atomic mass is 10.1. The summed E-state index contributed by atoms with van der Waals surface area (Å²) in [6, 6.07) is 14.0. The quantitative estimate of drug-likeness (QED) is 0.329. The summed E-state index contributed by atoms with van der Waals surface area (Å²) in [5.74, 6) is 0.808. The van der Waals surface area contributed by atoms with Gasteiger partial charge >= 0.3 is 6.09 Å². The zero-order chi connectivity index (χ0) is 26.6. The lowest BCUT2D eigenvalue weighted by Gasteiger charge is -2.19. The number of anilines is 1. The van der Waals surface area contributed by atoms with Gasteiger partial charge in [-0.2, -0.15) is 5.10 Å². The van der Waals surface area contributed by atoms with Crippen LogP contribution in [0, 0.1) is 0 Å². The molecule has 1 aromatic carbocycles. The lowest BCUT2D eigenvalue weighted by molar-refractivity contribution is 0.0518. The van der Waals surface area contributed by atoms with Crippen molar-refractivity contribution in [2.24, 2.45) is 0 Å². The van der Waals surface area contributed by atoms with Crippen molar-refractivity contribution in [3.63, 3.8) is 0 Å². The van der Waals surface area contributed by atoms with Gasteiger partial charge in [-0.05, 0) is 32.9 Å². The van der Waals surface area contributed by atoms with Gasteiger partial charge in [0.2, 0.25) is 5.89 Å². The number of oxazole rings is 1. The van der Waals surface area contributed by atoms with E-state index in [0.717, 1.165) is 0 Å². The number of hydrogen-bond acceptors (Lipinski definition) is 8. The Labute approximate surface area is 212 Å². The van der Waals surface area contributed by atoms with Crippen LogP contribution in [0.5, 0.6) is 0 Å². The van der Waals surface area contributed by atoms with E-state index in [1.54, 1.807) is 62.0 Å². The largest absolute Gasteiger partial charge is 0.456 e. The summed E-state index contributed by atoms with van der Waals surface area (Å²) in [6.07, 6.45) is 1.04. The highest BCUT2D eigenvalue weighted by Crippen LogP contribution is 2.26. The van der Waals surface area contributed by atoms with Gasteiger partial charge in [0.25, 0.3) is 5.91 Å². The number of benzene rings is 1. The zero-order valence-electron chi connectivity index (χ0n) is 20.9. The number of amides is 2. The fourth-order valence-corrected chi connectivity index (χ4v) is 3.34. The Morgan fingerprint density at radius 2 is 1.78 bits per heavy atom. The Bertz CT molecular complexity index is 1410. The number of nitrogens with one attached hydrogen (secondary N) is 2. The van der Waals surface area contributed by atoms with E-state index in [1.165, 1.54) is 6.92 Å². The predicted octanol–water partition coefficient (Wildman–Crippen LogP) is 4.66. The van der Waals surface area contributed by atoms with Crippen molar-refractivity contribution in [1.29, 1.82) is 0 Å². The zero-order valence-corrected chi connectivity index (χ0v) is 20.9. The van der Waals surface area contributed by atoms with Crippen LogP contribution in [0.2, 0.25) is 0 Å². The van der Waals surface area contributed by atoms with E-state index in [-0.39, 0.29) is 42.0 Å². The number of carbonyl (C=O) groups excluding carboxylic acids is 3. The fraction of sp³-hybridized carbons (Fsp3) is 0.269. The molecule has 0 atom stereocenters. The van der Waals surface area contributed by atoms with Gasteiger partial charge in [-0.25, -0.2) is 9.78 Å². The molecule has 0 saturated carbocycles. The number of rotatable bonds is 8. The molecule has 0 aliphatic carbocycles. The molecule has 2 amide bonds. The number of furan rings is 1. The molecular formula is C26H27N5O6. The minimum Gasteiger partial charge on any atom is -0.456 e. The molecule has 0 spiro atoms. The second kappa shape index (κ2) is 10.5. The van der Waals surface area contributed by atoms with Crippen LogP contribution in [-0.4, -0.2) is 38.1 Å². The smallest absolute Gasteiger partial charge is 0.408 e. The summed E-state index contributed by atoms with van der Waals surface area (Å²) in [6.45, 7) is 6.91. The standard InChI is InChI=1S/C26H27N5O6/c1-16(32)19-11-10-18(35-19)15-31-13-12-20(30-31)28-24(33)22-23(17-8-6-5-7-9-17)36-21(29-22)14-27-25(34)37-26(2,3)4/h5-13H,14-15H2,1-4H3,(H,27,34)(H,28,30,33). The van der Waals surface area contributed by atoms with E-state index < -0.39 is 17.6 Å². The number of hydrogen-bond donors (Lipinski definition) is 2. The van der Waals surface area contributed by atoms with Gasteiger partial charge in [-0.1, -0.05) is 30.3 Å². The molecule has 4 aromatic rings. The summed E-state index contributed by atoms with van der Waals surface area (Å²) < 4.78 is 18.1. The van der Waals surface area contributed by atoms with Gasteiger partial charge in [0.05, 0.1) is 13.1 Å². The average Bonchev–Trinajstić information content (AvgIpc) is 3.57. The van der Waals surface area contributed by atoms with E-state index in [4.69, 9.17) is 13.6 Å². The Hall–Kier alpha value is -4.67. The molecule has 37 heavy (non-hydrogen) atoms. The first-order chi connectivity index (χ1) is 17.6. The Balaban J connectivity index is 1.49. The number of nitrogens with zero attached hydrogens (tertiary/aromatic N) is 3. The predicted molar refractivity (Wildman–Crippen MR) is 133 cm³/mol. The third-order valence-corrected chi connectivity index (χ3v) is 4.91. The molecule has 11 nitrogen and oxygen atoms in total. The summed E-state index contributed by atoms with van der Waals surface area (Å²) in [5, 5.41) is 9.63. The van der Waals surface area contributed by atoms with Crippen molar-refractivity contribution in [3.8, 4) is 11.3 Å². The Morgan fingerprint density at radius 3 is 2.46 bits per heavy atom. The number of carbonyl (C=O) groups is 3. The molecule has 0 aliphatic heterocycles. The van der Waals surface area contributed by atoms with Gasteiger partial charge < -0.3 is 24.2 Å². The van der Waals surface area contributed by atoms with Gasteiger partial charge in [-0.3, -0.25) is 14.3 Å². The van der Waals surface area contributed by atoms with Crippen molar-refractivity contribution in [2.45, 2.75) is 46.4 Å². The Kier molecular flexibility index (Phi) is 7.23. The second-order valence-electron chi connectivity index (χ2n) is 9.18. The fourth-order valence-electron chi connectivity index (χ4n) is 3.34. The molecule has 0 aliphatic rings. The maximum atomic E-state index is 13.1. The first-order valence-electron chi connectivity index (χ1n) is 11.5. The van der Waals surface area contributed by atoms with Crippen LogP contribution in [0.15, 0.2) is 63.6 Å². The molecule has 0 saturated heterocycles. The highest BCUT2D eigenvalue weighted by Gasteiger charge is 2.23. The van der Waals surface area contributed by atoms with E-state index in [9.17, 15) is 14.4 Å². The monoisotopic (exact) mass is 505 g/mol. The topological polar surface area (TPSA) is 141 Å². The van der Waals surface area contributed by atoms with Crippen molar-refractivity contribution in [1.82, 2.24) is 20.1 Å². The molecule has 0 fully saturated rings. The van der Waals surface area contributed by atoms with Crippen molar-refractivity contribution >= 4 is 23.6 Å². The summed E-state index contributed by atoms with van der Waals surface area (Å²) in [4.78, 5) is 40.9. The molecule has 11 heteroatoms. The summed E-state index contributed by atoms with van der Waals surface area (Å²) >= 11 is 0. The van der Waals surface area contributed by atoms with Crippen LogP contribution in [0.4, 0.5) is 10.6 Å².